The first-order valence-electron chi connectivity index (χ1n) is 6.11. The first-order valence-corrected chi connectivity index (χ1v) is 6.49. The van der Waals surface area contributed by atoms with Gasteiger partial charge in [-0.2, -0.15) is 0 Å². The van der Waals surface area contributed by atoms with Crippen LogP contribution >= 0.6 is 11.6 Å². The Morgan fingerprint density at radius 2 is 1.94 bits per heavy atom. The Morgan fingerprint density at radius 3 is 2.61 bits per heavy atom. The first kappa shape index (κ1) is 13.2. The van der Waals surface area contributed by atoms with Gasteiger partial charge >= 0.3 is 0 Å². The Balaban J connectivity index is 1.83. The predicted octanol–water partition coefficient (Wildman–Crippen LogP) is 1.53. The van der Waals surface area contributed by atoms with Crippen LogP contribution in [0.1, 0.15) is 0 Å². The van der Waals surface area contributed by atoms with Gasteiger partial charge in [-0.1, -0.05) is 23.7 Å². The number of carbonyl (C=O) groups excluding carboxylic acids is 1. The molecule has 0 unspecified atom stereocenters. The summed E-state index contributed by atoms with van der Waals surface area (Å²) in [6, 6.07) is 7.45. The Hall–Kier alpha value is -1.26. The molecule has 1 N–H and O–H groups in total. The van der Waals surface area contributed by atoms with Gasteiger partial charge in [0.1, 0.15) is 0 Å². The third-order valence-electron chi connectivity index (χ3n) is 3.16. The van der Waals surface area contributed by atoms with Crippen LogP contribution in [0, 0.1) is 0 Å². The number of amides is 1. The molecule has 5 heteroatoms. The number of likely N-dealkylation sites (N-methyl/N-ethyl adjacent to an activating group) is 1. The van der Waals surface area contributed by atoms with Crippen molar-refractivity contribution in [3.63, 3.8) is 0 Å². The number of nitrogens with zero attached hydrogens (tertiary/aromatic N) is 2. The summed E-state index contributed by atoms with van der Waals surface area (Å²) >= 11 is 6.02. The number of para-hydroxylation sites is 1. The number of hydrogen-bond acceptors (Lipinski definition) is 3. The molecule has 1 aromatic rings. The fourth-order valence-electron chi connectivity index (χ4n) is 1.94. The number of halogens is 1. The van der Waals surface area contributed by atoms with Crippen molar-refractivity contribution in [2.45, 2.75) is 0 Å². The molecule has 18 heavy (non-hydrogen) atoms. The van der Waals surface area contributed by atoms with Crippen LogP contribution in [0.5, 0.6) is 0 Å². The molecule has 1 heterocycles. The zero-order chi connectivity index (χ0) is 13.0. The molecular formula is C13H18ClN3O. The number of anilines is 1. The average molecular weight is 268 g/mol. The van der Waals surface area contributed by atoms with Gasteiger partial charge in [-0.05, 0) is 19.2 Å². The molecule has 2 rings (SSSR count). The summed E-state index contributed by atoms with van der Waals surface area (Å²) in [4.78, 5) is 16.1. The second-order valence-electron chi connectivity index (χ2n) is 4.52. The number of hydrogen-bond donors (Lipinski definition) is 1. The number of piperazine rings is 1. The van der Waals surface area contributed by atoms with Crippen LogP contribution in [0.15, 0.2) is 24.3 Å². The maximum absolute atomic E-state index is 12.0. The minimum atomic E-state index is 0.128. The highest BCUT2D eigenvalue weighted by atomic mass is 35.5. The van der Waals surface area contributed by atoms with E-state index in [1.165, 1.54) is 0 Å². The molecule has 1 aromatic carbocycles. The summed E-state index contributed by atoms with van der Waals surface area (Å²) in [5, 5.41) is 3.73. The molecular weight excluding hydrogens is 250 g/mol. The van der Waals surface area contributed by atoms with Crippen molar-refractivity contribution in [2.24, 2.45) is 0 Å². The van der Waals surface area contributed by atoms with Gasteiger partial charge in [0.15, 0.2) is 0 Å². The van der Waals surface area contributed by atoms with Crippen LogP contribution in [0.2, 0.25) is 5.02 Å². The summed E-state index contributed by atoms with van der Waals surface area (Å²) in [6.07, 6.45) is 0. The summed E-state index contributed by atoms with van der Waals surface area (Å²) in [7, 11) is 2.07. The Morgan fingerprint density at radius 1 is 1.28 bits per heavy atom. The van der Waals surface area contributed by atoms with E-state index in [9.17, 15) is 4.79 Å². The lowest BCUT2D eigenvalue weighted by Gasteiger charge is -2.32. The van der Waals surface area contributed by atoms with E-state index in [0.29, 0.717) is 11.6 Å². The molecule has 0 atom stereocenters. The fraction of sp³-hybridized carbons (Fsp3) is 0.462. The van der Waals surface area contributed by atoms with Crippen LogP contribution in [0.4, 0.5) is 5.69 Å². The maximum atomic E-state index is 12.0. The molecule has 1 saturated heterocycles. The van der Waals surface area contributed by atoms with E-state index in [1.807, 2.05) is 29.2 Å². The van der Waals surface area contributed by atoms with Gasteiger partial charge in [0.05, 0.1) is 17.3 Å². The lowest BCUT2D eigenvalue weighted by atomic mass is 10.3. The molecule has 1 fully saturated rings. The second-order valence-corrected chi connectivity index (χ2v) is 4.92. The van der Waals surface area contributed by atoms with E-state index in [0.717, 1.165) is 31.9 Å². The summed E-state index contributed by atoms with van der Waals surface area (Å²) in [5.41, 5.74) is 0.807. The van der Waals surface area contributed by atoms with Crippen molar-refractivity contribution >= 4 is 23.2 Å². The standard InChI is InChI=1S/C13H18ClN3O/c1-16-6-8-17(9-7-16)13(18)10-15-12-5-3-2-4-11(12)14/h2-5,15H,6-10H2,1H3. The number of nitrogens with one attached hydrogen (secondary N) is 1. The van der Waals surface area contributed by atoms with Crippen molar-refractivity contribution in [2.75, 3.05) is 45.1 Å². The van der Waals surface area contributed by atoms with Gasteiger partial charge in [0.25, 0.3) is 0 Å². The molecule has 1 aliphatic heterocycles. The highest BCUT2D eigenvalue weighted by molar-refractivity contribution is 6.33. The zero-order valence-corrected chi connectivity index (χ0v) is 11.3. The summed E-state index contributed by atoms with van der Waals surface area (Å²) in [5.74, 6) is 0.128. The highest BCUT2D eigenvalue weighted by Crippen LogP contribution is 2.20. The third kappa shape index (κ3) is 3.37. The molecule has 0 bridgehead atoms. The molecule has 0 aromatic heterocycles. The van der Waals surface area contributed by atoms with E-state index >= 15 is 0 Å². The van der Waals surface area contributed by atoms with Crippen LogP contribution in [-0.2, 0) is 4.79 Å². The molecule has 0 saturated carbocycles. The van der Waals surface area contributed by atoms with Crippen molar-refractivity contribution in [3.05, 3.63) is 29.3 Å². The smallest absolute Gasteiger partial charge is 0.241 e. The Bertz CT molecular complexity index is 416. The Kier molecular flexibility index (Phi) is 4.44. The normalized spacial score (nSPS) is 16.7. The Labute approximate surface area is 113 Å². The number of carbonyl (C=O) groups is 1. The SMILES string of the molecule is CN1CCN(C(=O)CNc2ccccc2Cl)CC1. The van der Waals surface area contributed by atoms with Crippen LogP contribution < -0.4 is 5.32 Å². The second kappa shape index (κ2) is 6.07. The molecule has 98 valence electrons. The van der Waals surface area contributed by atoms with Crippen molar-refractivity contribution in [1.82, 2.24) is 9.80 Å². The zero-order valence-electron chi connectivity index (χ0n) is 10.5. The van der Waals surface area contributed by atoms with E-state index in [2.05, 4.69) is 17.3 Å². The van der Waals surface area contributed by atoms with E-state index < -0.39 is 0 Å². The molecule has 0 aliphatic carbocycles. The molecule has 0 radical (unpaired) electrons. The maximum Gasteiger partial charge on any atom is 0.241 e. The van der Waals surface area contributed by atoms with Crippen molar-refractivity contribution in [3.8, 4) is 0 Å². The predicted molar refractivity (Wildman–Crippen MR) is 74.0 cm³/mol. The molecule has 1 aliphatic rings. The van der Waals surface area contributed by atoms with Crippen molar-refractivity contribution < 1.29 is 4.79 Å². The average Bonchev–Trinajstić information content (AvgIpc) is 2.38. The molecule has 4 nitrogen and oxygen atoms in total. The number of benzene rings is 1. The highest BCUT2D eigenvalue weighted by Gasteiger charge is 2.18. The van der Waals surface area contributed by atoms with Gasteiger partial charge in [-0.3, -0.25) is 4.79 Å². The van der Waals surface area contributed by atoms with Gasteiger partial charge in [0, 0.05) is 26.2 Å². The molecule has 1 amide bonds. The van der Waals surface area contributed by atoms with Gasteiger partial charge in [-0.25, -0.2) is 0 Å². The number of rotatable bonds is 3. The third-order valence-corrected chi connectivity index (χ3v) is 3.49. The van der Waals surface area contributed by atoms with Crippen LogP contribution in [0.3, 0.4) is 0 Å². The summed E-state index contributed by atoms with van der Waals surface area (Å²) < 4.78 is 0. The van der Waals surface area contributed by atoms with E-state index in [4.69, 9.17) is 11.6 Å². The summed E-state index contributed by atoms with van der Waals surface area (Å²) in [6.45, 7) is 3.79. The van der Waals surface area contributed by atoms with E-state index in [-0.39, 0.29) is 5.91 Å². The topological polar surface area (TPSA) is 35.6 Å². The van der Waals surface area contributed by atoms with Crippen LogP contribution in [0.25, 0.3) is 0 Å². The fourth-order valence-corrected chi connectivity index (χ4v) is 2.15. The lowest BCUT2D eigenvalue weighted by Crippen LogP contribution is -2.48. The monoisotopic (exact) mass is 267 g/mol. The van der Waals surface area contributed by atoms with Crippen LogP contribution in [-0.4, -0.2) is 55.5 Å². The minimum Gasteiger partial charge on any atom is -0.375 e. The van der Waals surface area contributed by atoms with Gasteiger partial charge in [0.2, 0.25) is 5.91 Å². The lowest BCUT2D eigenvalue weighted by molar-refractivity contribution is -0.130. The van der Waals surface area contributed by atoms with Gasteiger partial charge < -0.3 is 15.1 Å². The van der Waals surface area contributed by atoms with Gasteiger partial charge in [-0.15, -0.1) is 0 Å². The largest absolute Gasteiger partial charge is 0.375 e. The van der Waals surface area contributed by atoms with Crippen molar-refractivity contribution in [1.29, 1.82) is 0 Å². The minimum absolute atomic E-state index is 0.128. The quantitative estimate of drug-likeness (QED) is 0.902. The van der Waals surface area contributed by atoms with E-state index in [1.54, 1.807) is 0 Å². The molecule has 0 spiro atoms. The first-order chi connectivity index (χ1) is 8.66.